The van der Waals surface area contributed by atoms with Crippen LogP contribution in [0, 0.1) is 0 Å². The van der Waals surface area contributed by atoms with Crippen LogP contribution in [0.5, 0.6) is 0 Å². The molecule has 1 aliphatic heterocycles. The Balaban J connectivity index is 1.79. The van der Waals surface area contributed by atoms with E-state index in [1.807, 2.05) is 0 Å². The molecule has 0 aliphatic carbocycles. The van der Waals surface area contributed by atoms with E-state index in [4.69, 9.17) is 4.74 Å². The summed E-state index contributed by atoms with van der Waals surface area (Å²) in [4.78, 5) is 1.37. The Morgan fingerprint density at radius 1 is 1.62 bits per heavy atom. The molecule has 1 aromatic rings. The van der Waals surface area contributed by atoms with Crippen LogP contribution < -0.4 is 5.32 Å². The van der Waals surface area contributed by atoms with Crippen molar-refractivity contribution in [2.24, 2.45) is 0 Å². The van der Waals surface area contributed by atoms with Crippen LogP contribution in [-0.2, 0) is 4.74 Å². The summed E-state index contributed by atoms with van der Waals surface area (Å²) in [6.07, 6.45) is 4.15. The fraction of sp³-hybridized carbons (Fsp3) is 0.667. The number of halogens is 1. The monoisotopic (exact) mass is 303 g/mol. The first kappa shape index (κ1) is 12.6. The van der Waals surface area contributed by atoms with Gasteiger partial charge in [-0.3, -0.25) is 0 Å². The minimum absolute atomic E-state index is 0.403. The summed E-state index contributed by atoms with van der Waals surface area (Å²) in [7, 11) is 0. The Morgan fingerprint density at radius 2 is 2.50 bits per heavy atom. The lowest BCUT2D eigenvalue weighted by Gasteiger charge is -2.24. The van der Waals surface area contributed by atoms with Crippen LogP contribution in [0.1, 0.15) is 37.1 Å². The third-order valence-electron chi connectivity index (χ3n) is 2.96. The van der Waals surface area contributed by atoms with Gasteiger partial charge in [-0.05, 0) is 53.6 Å². The van der Waals surface area contributed by atoms with E-state index in [0.717, 1.165) is 13.2 Å². The molecule has 1 fully saturated rings. The molecule has 1 aliphatic rings. The van der Waals surface area contributed by atoms with Gasteiger partial charge in [-0.2, -0.15) is 0 Å². The van der Waals surface area contributed by atoms with Crippen molar-refractivity contribution in [3.05, 3.63) is 20.8 Å². The van der Waals surface area contributed by atoms with Crippen molar-refractivity contribution in [1.29, 1.82) is 0 Å². The number of hydrogen-bond acceptors (Lipinski definition) is 3. The van der Waals surface area contributed by atoms with Gasteiger partial charge in [-0.1, -0.05) is 0 Å². The molecular weight excluding hydrogens is 286 g/mol. The van der Waals surface area contributed by atoms with Crippen LogP contribution in [0.15, 0.2) is 15.9 Å². The zero-order chi connectivity index (χ0) is 11.4. The highest BCUT2D eigenvalue weighted by Crippen LogP contribution is 2.28. The smallest absolute Gasteiger partial charge is 0.0699 e. The van der Waals surface area contributed by atoms with Gasteiger partial charge in [0.1, 0.15) is 0 Å². The van der Waals surface area contributed by atoms with E-state index in [0.29, 0.717) is 12.1 Å². The SMILES string of the molecule is CC(NCC1CCCCO1)c1sccc1Br. The molecule has 0 radical (unpaired) electrons. The maximum absolute atomic E-state index is 5.71. The van der Waals surface area contributed by atoms with Crippen molar-refractivity contribution in [3.8, 4) is 0 Å². The second kappa shape index (κ2) is 6.15. The topological polar surface area (TPSA) is 21.3 Å². The van der Waals surface area contributed by atoms with E-state index in [1.165, 1.54) is 28.6 Å². The van der Waals surface area contributed by atoms with Gasteiger partial charge in [-0.15, -0.1) is 11.3 Å². The summed E-state index contributed by atoms with van der Waals surface area (Å²) < 4.78 is 6.92. The average molecular weight is 304 g/mol. The molecule has 0 bridgehead atoms. The number of nitrogens with one attached hydrogen (secondary N) is 1. The zero-order valence-corrected chi connectivity index (χ0v) is 11.9. The summed E-state index contributed by atoms with van der Waals surface area (Å²) in [6.45, 7) is 4.11. The molecule has 4 heteroatoms. The molecular formula is C12H18BrNOS. The van der Waals surface area contributed by atoms with Crippen LogP contribution in [0.2, 0.25) is 0 Å². The maximum Gasteiger partial charge on any atom is 0.0699 e. The lowest BCUT2D eigenvalue weighted by atomic mass is 10.1. The summed E-state index contributed by atoms with van der Waals surface area (Å²) >= 11 is 5.37. The molecule has 0 amide bonds. The molecule has 2 unspecified atom stereocenters. The Labute approximate surface area is 110 Å². The van der Waals surface area contributed by atoms with Crippen molar-refractivity contribution >= 4 is 27.3 Å². The molecule has 1 saturated heterocycles. The molecule has 1 N–H and O–H groups in total. The molecule has 1 aromatic heterocycles. The number of rotatable bonds is 4. The summed E-state index contributed by atoms with van der Waals surface area (Å²) in [5, 5.41) is 5.67. The van der Waals surface area contributed by atoms with Gasteiger partial charge >= 0.3 is 0 Å². The first-order valence-corrected chi connectivity index (χ1v) is 7.52. The predicted molar refractivity (Wildman–Crippen MR) is 72.0 cm³/mol. The lowest BCUT2D eigenvalue weighted by Crippen LogP contribution is -2.33. The first-order valence-electron chi connectivity index (χ1n) is 5.85. The normalized spacial score (nSPS) is 23.2. The van der Waals surface area contributed by atoms with E-state index in [2.05, 4.69) is 39.6 Å². The minimum atomic E-state index is 0.403. The summed E-state index contributed by atoms with van der Waals surface area (Å²) in [6, 6.07) is 2.51. The Bertz CT molecular complexity index is 323. The highest BCUT2D eigenvalue weighted by atomic mass is 79.9. The van der Waals surface area contributed by atoms with Crippen molar-refractivity contribution < 1.29 is 4.74 Å². The van der Waals surface area contributed by atoms with Gasteiger partial charge in [0.25, 0.3) is 0 Å². The Hall–Kier alpha value is 0.100. The van der Waals surface area contributed by atoms with Gasteiger partial charge in [0.05, 0.1) is 6.10 Å². The predicted octanol–water partition coefficient (Wildman–Crippen LogP) is 3.73. The fourth-order valence-corrected chi connectivity index (χ4v) is 3.73. The molecule has 0 aromatic carbocycles. The highest BCUT2D eigenvalue weighted by molar-refractivity contribution is 9.10. The van der Waals surface area contributed by atoms with Crippen molar-refractivity contribution in [2.45, 2.75) is 38.3 Å². The van der Waals surface area contributed by atoms with E-state index in [1.54, 1.807) is 11.3 Å². The second-order valence-corrected chi connectivity index (χ2v) is 6.05. The zero-order valence-electron chi connectivity index (χ0n) is 9.54. The van der Waals surface area contributed by atoms with Gasteiger partial charge in [-0.25, -0.2) is 0 Å². The quantitative estimate of drug-likeness (QED) is 0.915. The highest BCUT2D eigenvalue weighted by Gasteiger charge is 2.16. The molecule has 2 rings (SSSR count). The molecule has 0 saturated carbocycles. The number of ether oxygens (including phenoxy) is 1. The van der Waals surface area contributed by atoms with E-state index in [9.17, 15) is 0 Å². The third kappa shape index (κ3) is 3.29. The van der Waals surface area contributed by atoms with E-state index in [-0.39, 0.29) is 0 Å². The minimum Gasteiger partial charge on any atom is -0.377 e. The van der Waals surface area contributed by atoms with Crippen molar-refractivity contribution in [1.82, 2.24) is 5.32 Å². The summed E-state index contributed by atoms with van der Waals surface area (Å²) in [5.41, 5.74) is 0. The van der Waals surface area contributed by atoms with Crippen LogP contribution in [0.3, 0.4) is 0 Å². The molecule has 2 atom stereocenters. The first-order chi connectivity index (χ1) is 7.77. The molecule has 0 spiro atoms. The number of hydrogen-bond donors (Lipinski definition) is 1. The molecule has 90 valence electrons. The lowest BCUT2D eigenvalue weighted by molar-refractivity contribution is 0.0157. The molecule has 2 heterocycles. The maximum atomic E-state index is 5.71. The third-order valence-corrected chi connectivity index (χ3v) is 5.02. The van der Waals surface area contributed by atoms with Gasteiger partial charge < -0.3 is 10.1 Å². The van der Waals surface area contributed by atoms with Crippen LogP contribution >= 0.6 is 27.3 Å². The summed E-state index contributed by atoms with van der Waals surface area (Å²) in [5.74, 6) is 0. The molecule has 16 heavy (non-hydrogen) atoms. The second-order valence-electron chi connectivity index (χ2n) is 4.25. The van der Waals surface area contributed by atoms with Crippen LogP contribution in [0.25, 0.3) is 0 Å². The molecule has 2 nitrogen and oxygen atoms in total. The van der Waals surface area contributed by atoms with Crippen LogP contribution in [0.4, 0.5) is 0 Å². The van der Waals surface area contributed by atoms with Gasteiger partial charge in [0.2, 0.25) is 0 Å². The standard InChI is InChI=1S/C12H18BrNOS/c1-9(12-11(13)5-7-16-12)14-8-10-4-2-3-6-15-10/h5,7,9-10,14H,2-4,6,8H2,1H3. The van der Waals surface area contributed by atoms with Crippen molar-refractivity contribution in [3.63, 3.8) is 0 Å². The van der Waals surface area contributed by atoms with Crippen LogP contribution in [-0.4, -0.2) is 19.3 Å². The Kier molecular flexibility index (Phi) is 4.82. The largest absolute Gasteiger partial charge is 0.377 e. The Morgan fingerprint density at radius 3 is 3.12 bits per heavy atom. The fourth-order valence-electron chi connectivity index (χ4n) is 1.98. The van der Waals surface area contributed by atoms with Crippen molar-refractivity contribution in [2.75, 3.05) is 13.2 Å². The number of thiophene rings is 1. The van der Waals surface area contributed by atoms with E-state index >= 15 is 0 Å². The average Bonchev–Trinajstić information content (AvgIpc) is 2.74. The van der Waals surface area contributed by atoms with E-state index < -0.39 is 0 Å². The van der Waals surface area contributed by atoms with Gasteiger partial charge in [0.15, 0.2) is 0 Å². The van der Waals surface area contributed by atoms with Gasteiger partial charge in [0, 0.05) is 28.5 Å².